The first-order valence-electron chi connectivity index (χ1n) is 5.72. The van der Waals surface area contributed by atoms with Gasteiger partial charge in [-0.1, -0.05) is 42.0 Å². The summed E-state index contributed by atoms with van der Waals surface area (Å²) in [7, 11) is 2.08. The first-order chi connectivity index (χ1) is 7.91. The van der Waals surface area contributed by atoms with Gasteiger partial charge in [0.1, 0.15) is 4.99 Å². The van der Waals surface area contributed by atoms with Gasteiger partial charge < -0.3 is 10.6 Å². The maximum atomic E-state index is 5.76. The van der Waals surface area contributed by atoms with E-state index >= 15 is 0 Å². The van der Waals surface area contributed by atoms with Crippen LogP contribution in [-0.2, 0) is 0 Å². The number of nitrogens with two attached hydrogens (primary N) is 1. The summed E-state index contributed by atoms with van der Waals surface area (Å²) in [4.78, 5) is 2.65. The molecule has 2 N–H and O–H groups in total. The molecule has 0 unspecified atom stereocenters. The third kappa shape index (κ3) is 4.28. The van der Waals surface area contributed by atoms with E-state index in [9.17, 15) is 0 Å². The molecule has 0 amide bonds. The fourth-order valence-electron chi connectivity index (χ4n) is 1.61. The third-order valence-electron chi connectivity index (χ3n) is 2.68. The first kappa shape index (κ1) is 14.5. The van der Waals surface area contributed by atoms with Crippen molar-refractivity contribution in [1.82, 2.24) is 0 Å². The Morgan fingerprint density at radius 3 is 2.65 bits per heavy atom. The monoisotopic (exact) mass is 314 g/mol. The van der Waals surface area contributed by atoms with Crippen molar-refractivity contribution < 1.29 is 0 Å². The highest BCUT2D eigenvalue weighted by Crippen LogP contribution is 2.24. The van der Waals surface area contributed by atoms with E-state index in [1.165, 1.54) is 0 Å². The van der Waals surface area contributed by atoms with Crippen LogP contribution < -0.4 is 10.6 Å². The van der Waals surface area contributed by atoms with E-state index in [4.69, 9.17) is 18.0 Å². The molecule has 0 spiro atoms. The molecule has 1 rings (SSSR count). The zero-order valence-electron chi connectivity index (χ0n) is 10.5. The second-order valence-corrected chi connectivity index (χ2v) is 5.99. The molecule has 4 heteroatoms. The van der Waals surface area contributed by atoms with Crippen LogP contribution in [-0.4, -0.2) is 18.6 Å². The standard InChI is InChI=1S/C13H19BrN2S/c1-9(2)6-7-16(3)12-5-4-10(14)8-11(12)13(15)17/h4-5,8-9H,6-7H2,1-3H3,(H2,15,17). The van der Waals surface area contributed by atoms with Gasteiger partial charge in [0.05, 0.1) is 0 Å². The highest BCUT2D eigenvalue weighted by Gasteiger charge is 2.10. The van der Waals surface area contributed by atoms with E-state index in [0.717, 1.165) is 28.7 Å². The maximum absolute atomic E-state index is 5.76. The molecule has 17 heavy (non-hydrogen) atoms. The molecule has 0 saturated heterocycles. The van der Waals surface area contributed by atoms with Crippen LogP contribution in [0.4, 0.5) is 5.69 Å². The molecule has 94 valence electrons. The number of hydrogen-bond acceptors (Lipinski definition) is 2. The number of benzene rings is 1. The Kier molecular flexibility index (Phi) is 5.40. The predicted octanol–water partition coefficient (Wildman–Crippen LogP) is 3.57. The number of thiocarbonyl (C=S) groups is 1. The number of hydrogen-bond donors (Lipinski definition) is 1. The third-order valence-corrected chi connectivity index (χ3v) is 3.39. The minimum Gasteiger partial charge on any atom is -0.389 e. The number of rotatable bonds is 5. The summed E-state index contributed by atoms with van der Waals surface area (Å²) in [5.41, 5.74) is 7.79. The Labute approximate surface area is 117 Å². The van der Waals surface area contributed by atoms with Crippen molar-refractivity contribution in [3.8, 4) is 0 Å². The molecule has 0 bridgehead atoms. The lowest BCUT2D eigenvalue weighted by molar-refractivity contribution is 0.585. The summed E-state index contributed by atoms with van der Waals surface area (Å²) in [5, 5.41) is 0. The Bertz CT molecular complexity index is 404. The van der Waals surface area contributed by atoms with Crippen molar-refractivity contribution in [2.75, 3.05) is 18.5 Å². The van der Waals surface area contributed by atoms with Crippen molar-refractivity contribution in [2.45, 2.75) is 20.3 Å². The van der Waals surface area contributed by atoms with Crippen LogP contribution in [0.25, 0.3) is 0 Å². The van der Waals surface area contributed by atoms with Gasteiger partial charge in [0.15, 0.2) is 0 Å². The van der Waals surface area contributed by atoms with E-state index in [2.05, 4.69) is 47.8 Å². The fraction of sp³-hybridized carbons (Fsp3) is 0.462. The smallest absolute Gasteiger partial charge is 0.106 e. The predicted molar refractivity (Wildman–Crippen MR) is 82.8 cm³/mol. The van der Waals surface area contributed by atoms with Gasteiger partial charge in [-0.25, -0.2) is 0 Å². The van der Waals surface area contributed by atoms with E-state index in [1.54, 1.807) is 0 Å². The summed E-state index contributed by atoms with van der Waals surface area (Å²) in [5.74, 6) is 0.696. The molecule has 0 saturated carbocycles. The molecular weight excluding hydrogens is 296 g/mol. The molecule has 0 radical (unpaired) electrons. The molecule has 0 aliphatic rings. The van der Waals surface area contributed by atoms with Crippen molar-refractivity contribution in [1.29, 1.82) is 0 Å². The lowest BCUT2D eigenvalue weighted by Crippen LogP contribution is -2.23. The van der Waals surface area contributed by atoms with Gasteiger partial charge in [-0.05, 0) is 30.5 Å². The highest BCUT2D eigenvalue weighted by molar-refractivity contribution is 9.10. The van der Waals surface area contributed by atoms with Crippen LogP contribution in [0.15, 0.2) is 22.7 Å². The van der Waals surface area contributed by atoms with Gasteiger partial charge in [-0.15, -0.1) is 0 Å². The largest absolute Gasteiger partial charge is 0.389 e. The lowest BCUT2D eigenvalue weighted by atomic mass is 10.1. The van der Waals surface area contributed by atoms with Crippen molar-refractivity contribution in [3.05, 3.63) is 28.2 Å². The second kappa shape index (κ2) is 6.36. The zero-order valence-corrected chi connectivity index (χ0v) is 12.9. The number of anilines is 1. The Morgan fingerprint density at radius 1 is 1.47 bits per heavy atom. The van der Waals surface area contributed by atoms with Crippen molar-refractivity contribution in [2.24, 2.45) is 11.7 Å². The van der Waals surface area contributed by atoms with E-state index in [-0.39, 0.29) is 0 Å². The summed E-state index contributed by atoms with van der Waals surface area (Å²) < 4.78 is 1.00. The highest BCUT2D eigenvalue weighted by atomic mass is 79.9. The minimum absolute atomic E-state index is 0.442. The van der Waals surface area contributed by atoms with Gasteiger partial charge in [0.25, 0.3) is 0 Å². The molecular formula is C13H19BrN2S. The van der Waals surface area contributed by atoms with Gasteiger partial charge in [0, 0.05) is 29.3 Å². The van der Waals surface area contributed by atoms with Crippen molar-refractivity contribution >= 4 is 38.8 Å². The molecule has 1 aromatic carbocycles. The summed E-state index contributed by atoms with van der Waals surface area (Å²) >= 11 is 8.54. The van der Waals surface area contributed by atoms with Crippen LogP contribution >= 0.6 is 28.1 Å². The van der Waals surface area contributed by atoms with Crippen LogP contribution in [0.5, 0.6) is 0 Å². The van der Waals surface area contributed by atoms with Crippen LogP contribution in [0, 0.1) is 5.92 Å². The van der Waals surface area contributed by atoms with E-state index in [0.29, 0.717) is 10.9 Å². The summed E-state index contributed by atoms with van der Waals surface area (Å²) in [6, 6.07) is 6.05. The molecule has 2 nitrogen and oxygen atoms in total. The Balaban J connectivity index is 2.92. The normalized spacial score (nSPS) is 10.6. The van der Waals surface area contributed by atoms with Crippen LogP contribution in [0.1, 0.15) is 25.8 Å². The number of nitrogens with zero attached hydrogens (tertiary/aromatic N) is 1. The molecule has 1 aromatic rings. The second-order valence-electron chi connectivity index (χ2n) is 4.63. The van der Waals surface area contributed by atoms with Crippen LogP contribution in [0.3, 0.4) is 0 Å². The summed E-state index contributed by atoms with van der Waals surface area (Å²) in [6.07, 6.45) is 1.16. The molecule has 0 aliphatic carbocycles. The SMILES string of the molecule is CC(C)CCN(C)c1ccc(Br)cc1C(N)=S. The average molecular weight is 315 g/mol. The van der Waals surface area contributed by atoms with Gasteiger partial charge in [-0.3, -0.25) is 0 Å². The van der Waals surface area contributed by atoms with Gasteiger partial charge in [-0.2, -0.15) is 0 Å². The fourth-order valence-corrected chi connectivity index (χ4v) is 2.14. The Morgan fingerprint density at radius 2 is 2.12 bits per heavy atom. The first-order valence-corrected chi connectivity index (χ1v) is 6.92. The average Bonchev–Trinajstić information content (AvgIpc) is 2.25. The minimum atomic E-state index is 0.442. The lowest BCUT2D eigenvalue weighted by Gasteiger charge is -2.23. The zero-order chi connectivity index (χ0) is 13.0. The molecule has 0 aromatic heterocycles. The van der Waals surface area contributed by atoms with Crippen LogP contribution in [0.2, 0.25) is 0 Å². The maximum Gasteiger partial charge on any atom is 0.106 e. The van der Waals surface area contributed by atoms with E-state index in [1.807, 2.05) is 12.1 Å². The number of halogens is 1. The quantitative estimate of drug-likeness (QED) is 0.842. The van der Waals surface area contributed by atoms with Crippen molar-refractivity contribution in [3.63, 3.8) is 0 Å². The topological polar surface area (TPSA) is 29.3 Å². The molecule has 0 aliphatic heterocycles. The molecule has 0 heterocycles. The van der Waals surface area contributed by atoms with E-state index < -0.39 is 0 Å². The summed E-state index contributed by atoms with van der Waals surface area (Å²) in [6.45, 7) is 5.46. The molecule has 0 atom stereocenters. The van der Waals surface area contributed by atoms with Gasteiger partial charge in [0.2, 0.25) is 0 Å². The Hall–Kier alpha value is -0.610. The van der Waals surface area contributed by atoms with Gasteiger partial charge >= 0.3 is 0 Å². The molecule has 0 fully saturated rings.